The first-order valence-corrected chi connectivity index (χ1v) is 7.91. The Morgan fingerprint density at radius 1 is 1.05 bits per heavy atom. The van der Waals surface area contributed by atoms with Crippen LogP contribution in [0.4, 0.5) is 4.39 Å². The second-order valence-corrected chi connectivity index (χ2v) is 6.35. The second kappa shape index (κ2) is 6.15. The fourth-order valence-corrected chi connectivity index (χ4v) is 3.34. The van der Waals surface area contributed by atoms with E-state index in [0.29, 0.717) is 0 Å². The Balaban J connectivity index is 2.10. The Kier molecular flexibility index (Phi) is 4.52. The molecule has 0 radical (unpaired) electrons. The minimum Gasteiger partial charge on any atom is -0.212 e. The first-order valence-electron chi connectivity index (χ1n) is 6.26. The van der Waals surface area contributed by atoms with E-state index in [9.17, 15) is 12.8 Å². The molecule has 0 saturated heterocycles. The Bertz CT molecular complexity index is 671. The number of hydrogen-bond acceptors (Lipinski definition) is 2. The molecule has 0 unspecified atom stereocenters. The molecule has 0 saturated carbocycles. The molecule has 20 heavy (non-hydrogen) atoms. The average molecular weight is 293 g/mol. The van der Waals surface area contributed by atoms with Gasteiger partial charge in [-0.15, -0.1) is 0 Å². The second-order valence-electron chi connectivity index (χ2n) is 4.60. The highest BCUT2D eigenvalue weighted by Crippen LogP contribution is 2.15. The van der Waals surface area contributed by atoms with Gasteiger partial charge in [0.2, 0.25) is 10.0 Å². The van der Waals surface area contributed by atoms with Crippen LogP contribution in [0, 0.1) is 5.82 Å². The summed E-state index contributed by atoms with van der Waals surface area (Å²) in [7, 11) is -3.59. The molecule has 0 heterocycles. The molecule has 2 aromatic rings. The highest BCUT2D eigenvalue weighted by molar-refractivity contribution is 7.88. The predicted octanol–water partition coefficient (Wildman–Crippen LogP) is 3.01. The summed E-state index contributed by atoms with van der Waals surface area (Å²) in [5.74, 6) is -0.873. The van der Waals surface area contributed by atoms with Gasteiger partial charge in [0.1, 0.15) is 5.82 Å². The molecule has 0 aliphatic carbocycles. The zero-order valence-electron chi connectivity index (χ0n) is 11.1. The fraction of sp³-hybridized carbons (Fsp3) is 0.200. The molecule has 3 nitrogen and oxygen atoms in total. The van der Waals surface area contributed by atoms with E-state index < -0.39 is 15.8 Å². The van der Waals surface area contributed by atoms with Crippen LogP contribution in [0.3, 0.4) is 0 Å². The molecule has 1 atom stereocenters. The van der Waals surface area contributed by atoms with Crippen molar-refractivity contribution in [2.75, 3.05) is 0 Å². The van der Waals surface area contributed by atoms with E-state index in [2.05, 4.69) is 4.72 Å². The van der Waals surface area contributed by atoms with Crippen LogP contribution in [0.2, 0.25) is 0 Å². The molecule has 0 aliphatic rings. The van der Waals surface area contributed by atoms with Crippen LogP contribution in [0.1, 0.15) is 24.1 Å². The molecule has 2 aromatic carbocycles. The van der Waals surface area contributed by atoms with Gasteiger partial charge >= 0.3 is 0 Å². The predicted molar refractivity (Wildman–Crippen MR) is 77.0 cm³/mol. The van der Waals surface area contributed by atoms with Crippen LogP contribution in [-0.2, 0) is 15.8 Å². The smallest absolute Gasteiger partial charge is 0.212 e. The molecule has 1 N–H and O–H groups in total. The van der Waals surface area contributed by atoms with E-state index in [1.165, 1.54) is 18.2 Å². The molecular formula is C15H16FNO2S. The summed E-state index contributed by atoms with van der Waals surface area (Å²) < 4.78 is 40.2. The van der Waals surface area contributed by atoms with Gasteiger partial charge in [0, 0.05) is 11.6 Å². The van der Waals surface area contributed by atoms with Crippen LogP contribution in [0.15, 0.2) is 54.6 Å². The Morgan fingerprint density at radius 2 is 1.65 bits per heavy atom. The van der Waals surface area contributed by atoms with Gasteiger partial charge in [-0.2, -0.15) is 0 Å². The van der Waals surface area contributed by atoms with Crippen molar-refractivity contribution in [1.29, 1.82) is 0 Å². The van der Waals surface area contributed by atoms with Crippen molar-refractivity contribution in [2.24, 2.45) is 0 Å². The quantitative estimate of drug-likeness (QED) is 0.921. The lowest BCUT2D eigenvalue weighted by molar-refractivity contribution is 0.561. The van der Waals surface area contributed by atoms with Gasteiger partial charge in [0.05, 0.1) is 5.75 Å². The van der Waals surface area contributed by atoms with Gasteiger partial charge in [-0.3, -0.25) is 0 Å². The van der Waals surface area contributed by atoms with Gasteiger partial charge in [-0.1, -0.05) is 48.5 Å². The van der Waals surface area contributed by atoms with Gasteiger partial charge in [0.15, 0.2) is 0 Å². The first-order chi connectivity index (χ1) is 9.48. The normalized spacial score (nSPS) is 13.1. The van der Waals surface area contributed by atoms with Gasteiger partial charge in [0.25, 0.3) is 0 Å². The Hall–Kier alpha value is -1.72. The average Bonchev–Trinajstić information content (AvgIpc) is 2.41. The third-order valence-corrected chi connectivity index (χ3v) is 4.36. The fourth-order valence-electron chi connectivity index (χ4n) is 1.94. The third-order valence-electron chi connectivity index (χ3n) is 2.96. The summed E-state index contributed by atoms with van der Waals surface area (Å²) >= 11 is 0. The molecule has 0 aliphatic heterocycles. The summed E-state index contributed by atoms with van der Waals surface area (Å²) in [6.45, 7) is 1.76. The maximum atomic E-state index is 13.5. The van der Waals surface area contributed by atoms with Gasteiger partial charge in [-0.05, 0) is 18.6 Å². The number of rotatable bonds is 5. The number of halogens is 1. The highest BCUT2D eigenvalue weighted by atomic mass is 32.2. The Labute approximate surface area is 118 Å². The van der Waals surface area contributed by atoms with Crippen molar-refractivity contribution >= 4 is 10.0 Å². The zero-order valence-corrected chi connectivity index (χ0v) is 11.9. The number of benzene rings is 2. The zero-order chi connectivity index (χ0) is 14.6. The van der Waals surface area contributed by atoms with Crippen LogP contribution in [-0.4, -0.2) is 8.42 Å². The van der Waals surface area contributed by atoms with Crippen molar-refractivity contribution in [2.45, 2.75) is 18.7 Å². The molecular weight excluding hydrogens is 277 g/mol. The molecule has 0 spiro atoms. The number of hydrogen-bond donors (Lipinski definition) is 1. The van der Waals surface area contributed by atoms with Gasteiger partial charge < -0.3 is 0 Å². The summed E-state index contributed by atoms with van der Waals surface area (Å²) in [6.07, 6.45) is 0. The molecule has 0 fully saturated rings. The van der Waals surface area contributed by atoms with Crippen molar-refractivity contribution < 1.29 is 12.8 Å². The SMILES string of the molecule is C[C@H](NS(=O)(=O)Cc1ccccc1F)c1ccccc1. The molecule has 2 rings (SSSR count). The van der Waals surface area contributed by atoms with E-state index in [1.54, 1.807) is 13.0 Å². The van der Waals surface area contributed by atoms with Crippen molar-refractivity contribution in [1.82, 2.24) is 4.72 Å². The lowest BCUT2D eigenvalue weighted by Gasteiger charge is -2.14. The molecule has 0 amide bonds. The summed E-state index contributed by atoms with van der Waals surface area (Å²) in [6, 6.07) is 14.8. The lowest BCUT2D eigenvalue weighted by atomic mass is 10.1. The summed E-state index contributed by atoms with van der Waals surface area (Å²) in [5.41, 5.74) is 1.03. The van der Waals surface area contributed by atoms with E-state index in [4.69, 9.17) is 0 Å². The largest absolute Gasteiger partial charge is 0.216 e. The van der Waals surface area contributed by atoms with Crippen LogP contribution >= 0.6 is 0 Å². The summed E-state index contributed by atoms with van der Waals surface area (Å²) in [4.78, 5) is 0. The highest BCUT2D eigenvalue weighted by Gasteiger charge is 2.18. The van der Waals surface area contributed by atoms with Crippen molar-refractivity contribution in [3.8, 4) is 0 Å². The maximum absolute atomic E-state index is 13.5. The summed E-state index contributed by atoms with van der Waals surface area (Å²) in [5, 5.41) is 0. The number of nitrogens with one attached hydrogen (secondary N) is 1. The lowest BCUT2D eigenvalue weighted by Crippen LogP contribution is -2.28. The van der Waals surface area contributed by atoms with Gasteiger partial charge in [-0.25, -0.2) is 17.5 Å². The monoisotopic (exact) mass is 293 g/mol. The topological polar surface area (TPSA) is 46.2 Å². The maximum Gasteiger partial charge on any atom is 0.216 e. The van der Waals surface area contributed by atoms with E-state index >= 15 is 0 Å². The van der Waals surface area contributed by atoms with Crippen molar-refractivity contribution in [3.63, 3.8) is 0 Å². The van der Waals surface area contributed by atoms with E-state index in [1.807, 2.05) is 30.3 Å². The van der Waals surface area contributed by atoms with E-state index in [0.717, 1.165) is 5.56 Å². The molecule has 5 heteroatoms. The van der Waals surface area contributed by atoms with Crippen LogP contribution in [0.25, 0.3) is 0 Å². The number of sulfonamides is 1. The van der Waals surface area contributed by atoms with Crippen LogP contribution in [0.5, 0.6) is 0 Å². The standard InChI is InChI=1S/C15H16FNO2S/c1-12(13-7-3-2-4-8-13)17-20(18,19)11-14-9-5-6-10-15(14)16/h2-10,12,17H,11H2,1H3/t12-/m0/s1. The Morgan fingerprint density at radius 3 is 2.30 bits per heavy atom. The molecule has 0 bridgehead atoms. The van der Waals surface area contributed by atoms with E-state index in [-0.39, 0.29) is 17.4 Å². The minimum atomic E-state index is -3.59. The first kappa shape index (κ1) is 14.7. The minimum absolute atomic E-state index is 0.167. The van der Waals surface area contributed by atoms with Crippen molar-refractivity contribution in [3.05, 3.63) is 71.5 Å². The van der Waals surface area contributed by atoms with Crippen LogP contribution < -0.4 is 4.72 Å². The molecule has 106 valence electrons. The third kappa shape index (κ3) is 3.88. The molecule has 0 aromatic heterocycles.